The molecule has 0 heterocycles. The maximum absolute atomic E-state index is 12.5. The van der Waals surface area contributed by atoms with Crippen molar-refractivity contribution < 1.29 is 23.1 Å². The summed E-state index contributed by atoms with van der Waals surface area (Å²) < 4.78 is 37.6. The highest BCUT2D eigenvalue weighted by Gasteiger charge is 2.35. The number of carboxylic acid groups (broad SMARTS) is 1. The van der Waals surface area contributed by atoms with Gasteiger partial charge in [-0.25, -0.2) is 4.79 Å². The molecule has 0 saturated heterocycles. The first-order valence-electron chi connectivity index (χ1n) is 4.30. The lowest BCUT2D eigenvalue weighted by molar-refractivity contribution is -0.138. The minimum atomic E-state index is -4.76. The molecule has 0 aliphatic rings. The number of carboxylic acids is 1. The topological polar surface area (TPSA) is 86.1 Å². The molecular formula is C9H6F3N3O2. The van der Waals surface area contributed by atoms with E-state index in [1.165, 1.54) is 6.07 Å². The molecule has 0 aromatic heterocycles. The Kier molecular flexibility index (Phi) is 3.59. The van der Waals surface area contributed by atoms with Crippen LogP contribution < -0.4 is 0 Å². The molecule has 0 radical (unpaired) electrons. The highest BCUT2D eigenvalue weighted by molar-refractivity contribution is 5.89. The second kappa shape index (κ2) is 4.75. The SMILES string of the molecule is [N-]=[N+]=NCc1ccc(C(=O)O)c(C(F)(F)F)c1. The number of aromatic carboxylic acids is 1. The van der Waals surface area contributed by atoms with Gasteiger partial charge in [-0.05, 0) is 23.2 Å². The fourth-order valence-corrected chi connectivity index (χ4v) is 1.22. The van der Waals surface area contributed by atoms with Crippen molar-refractivity contribution in [3.05, 3.63) is 45.3 Å². The molecule has 0 fully saturated rings. The Morgan fingerprint density at radius 3 is 2.59 bits per heavy atom. The van der Waals surface area contributed by atoms with Gasteiger partial charge in [-0.1, -0.05) is 11.2 Å². The second-order valence-corrected chi connectivity index (χ2v) is 3.07. The zero-order valence-corrected chi connectivity index (χ0v) is 8.27. The lowest BCUT2D eigenvalue weighted by atomic mass is 10.0. The number of benzene rings is 1. The third kappa shape index (κ3) is 3.12. The minimum Gasteiger partial charge on any atom is -0.478 e. The van der Waals surface area contributed by atoms with Crippen LogP contribution in [0.25, 0.3) is 10.4 Å². The van der Waals surface area contributed by atoms with E-state index in [1.807, 2.05) is 0 Å². The van der Waals surface area contributed by atoms with Crippen LogP contribution in [0.15, 0.2) is 23.3 Å². The van der Waals surface area contributed by atoms with E-state index in [-0.39, 0.29) is 12.1 Å². The molecule has 5 nitrogen and oxygen atoms in total. The molecule has 0 aliphatic heterocycles. The van der Waals surface area contributed by atoms with Crippen molar-refractivity contribution in [2.45, 2.75) is 12.7 Å². The lowest BCUT2D eigenvalue weighted by Gasteiger charge is -2.11. The largest absolute Gasteiger partial charge is 0.478 e. The van der Waals surface area contributed by atoms with Gasteiger partial charge in [0.1, 0.15) is 0 Å². The summed E-state index contributed by atoms with van der Waals surface area (Å²) in [4.78, 5) is 13.0. The predicted octanol–water partition coefficient (Wildman–Crippen LogP) is 3.21. The number of alkyl halides is 3. The molecule has 1 rings (SSSR count). The maximum atomic E-state index is 12.5. The van der Waals surface area contributed by atoms with Crippen molar-refractivity contribution in [1.82, 2.24) is 0 Å². The first-order valence-corrected chi connectivity index (χ1v) is 4.30. The van der Waals surface area contributed by atoms with Crippen LogP contribution in [0.4, 0.5) is 13.2 Å². The maximum Gasteiger partial charge on any atom is 0.417 e. The van der Waals surface area contributed by atoms with Crippen LogP contribution in [0.5, 0.6) is 0 Å². The fourth-order valence-electron chi connectivity index (χ4n) is 1.22. The Bertz CT molecular complexity index is 493. The molecule has 1 aromatic carbocycles. The van der Waals surface area contributed by atoms with Crippen LogP contribution in [0.1, 0.15) is 21.5 Å². The zero-order valence-electron chi connectivity index (χ0n) is 8.27. The summed E-state index contributed by atoms with van der Waals surface area (Å²) in [6.07, 6.45) is -4.76. The van der Waals surface area contributed by atoms with E-state index in [1.54, 1.807) is 0 Å². The molecular weight excluding hydrogens is 239 g/mol. The summed E-state index contributed by atoms with van der Waals surface area (Å²) in [5.74, 6) is -1.66. The van der Waals surface area contributed by atoms with E-state index in [4.69, 9.17) is 10.6 Å². The van der Waals surface area contributed by atoms with Crippen molar-refractivity contribution >= 4 is 5.97 Å². The van der Waals surface area contributed by atoms with Gasteiger partial charge in [-0.3, -0.25) is 0 Å². The van der Waals surface area contributed by atoms with E-state index in [0.717, 1.165) is 6.07 Å². The van der Waals surface area contributed by atoms with Crippen LogP contribution in [-0.2, 0) is 12.7 Å². The number of halogens is 3. The van der Waals surface area contributed by atoms with Crippen LogP contribution >= 0.6 is 0 Å². The van der Waals surface area contributed by atoms with Gasteiger partial charge in [0.05, 0.1) is 17.7 Å². The van der Waals surface area contributed by atoms with E-state index >= 15 is 0 Å². The normalized spacial score (nSPS) is 10.8. The molecule has 0 unspecified atom stereocenters. The average Bonchev–Trinajstić information content (AvgIpc) is 2.24. The Morgan fingerprint density at radius 2 is 2.12 bits per heavy atom. The van der Waals surface area contributed by atoms with Crippen molar-refractivity contribution in [2.24, 2.45) is 5.11 Å². The van der Waals surface area contributed by atoms with Crippen LogP contribution in [-0.4, -0.2) is 11.1 Å². The molecule has 0 atom stereocenters. The number of hydrogen-bond donors (Lipinski definition) is 1. The van der Waals surface area contributed by atoms with Crippen LogP contribution in [0.3, 0.4) is 0 Å². The van der Waals surface area contributed by atoms with Crippen LogP contribution in [0.2, 0.25) is 0 Å². The standard InChI is InChI=1S/C9H6F3N3O2/c10-9(11,12)7-3-5(4-14-15-13)1-2-6(7)8(16)17/h1-3H,4H2,(H,16,17). The first-order chi connectivity index (χ1) is 7.86. The van der Waals surface area contributed by atoms with Gasteiger partial charge in [0.25, 0.3) is 0 Å². The number of hydrogen-bond acceptors (Lipinski definition) is 2. The highest BCUT2D eigenvalue weighted by Crippen LogP contribution is 2.32. The van der Waals surface area contributed by atoms with Gasteiger partial charge in [0.2, 0.25) is 0 Å². The summed E-state index contributed by atoms with van der Waals surface area (Å²) in [6.45, 7) is -0.264. The van der Waals surface area contributed by atoms with Crippen LogP contribution in [0, 0.1) is 0 Å². The molecule has 90 valence electrons. The van der Waals surface area contributed by atoms with Crippen molar-refractivity contribution in [2.75, 3.05) is 0 Å². The Balaban J connectivity index is 3.29. The minimum absolute atomic E-state index is 0.0973. The average molecular weight is 245 g/mol. The Hall–Kier alpha value is -2.21. The molecule has 8 heteroatoms. The van der Waals surface area contributed by atoms with Gasteiger partial charge in [-0.2, -0.15) is 13.2 Å². The summed E-state index contributed by atoms with van der Waals surface area (Å²) in [6, 6.07) is 2.68. The monoisotopic (exact) mass is 245 g/mol. The van der Waals surface area contributed by atoms with Gasteiger partial charge in [0, 0.05) is 4.91 Å². The molecule has 1 N–H and O–H groups in total. The summed E-state index contributed by atoms with van der Waals surface area (Å²) in [7, 11) is 0. The first kappa shape index (κ1) is 12.9. The summed E-state index contributed by atoms with van der Waals surface area (Å²) >= 11 is 0. The summed E-state index contributed by atoms with van der Waals surface area (Å²) in [5.41, 5.74) is 6.05. The molecule has 0 spiro atoms. The summed E-state index contributed by atoms with van der Waals surface area (Å²) in [5, 5.41) is 11.7. The number of carbonyl (C=O) groups is 1. The smallest absolute Gasteiger partial charge is 0.417 e. The van der Waals surface area contributed by atoms with E-state index in [9.17, 15) is 18.0 Å². The predicted molar refractivity (Wildman–Crippen MR) is 51.3 cm³/mol. The van der Waals surface area contributed by atoms with Crippen molar-refractivity contribution in [3.63, 3.8) is 0 Å². The molecule has 0 saturated carbocycles. The molecule has 17 heavy (non-hydrogen) atoms. The quantitative estimate of drug-likeness (QED) is 0.503. The molecule has 0 bridgehead atoms. The zero-order chi connectivity index (χ0) is 13.1. The highest BCUT2D eigenvalue weighted by atomic mass is 19.4. The van der Waals surface area contributed by atoms with E-state index in [2.05, 4.69) is 10.0 Å². The van der Waals surface area contributed by atoms with Crippen molar-refractivity contribution in [3.8, 4) is 0 Å². The van der Waals surface area contributed by atoms with Gasteiger partial charge < -0.3 is 5.11 Å². The molecule has 0 aliphatic carbocycles. The van der Waals surface area contributed by atoms with Crippen molar-refractivity contribution in [1.29, 1.82) is 0 Å². The van der Waals surface area contributed by atoms with Gasteiger partial charge in [-0.15, -0.1) is 0 Å². The third-order valence-corrected chi connectivity index (χ3v) is 1.94. The third-order valence-electron chi connectivity index (χ3n) is 1.94. The van der Waals surface area contributed by atoms with Gasteiger partial charge in [0.15, 0.2) is 0 Å². The molecule has 1 aromatic rings. The molecule has 0 amide bonds. The Morgan fingerprint density at radius 1 is 1.47 bits per heavy atom. The Labute approximate surface area is 93.1 Å². The van der Waals surface area contributed by atoms with Gasteiger partial charge >= 0.3 is 12.1 Å². The number of nitrogens with zero attached hydrogens (tertiary/aromatic N) is 3. The second-order valence-electron chi connectivity index (χ2n) is 3.07. The van der Waals surface area contributed by atoms with E-state index in [0.29, 0.717) is 6.07 Å². The fraction of sp³-hybridized carbons (Fsp3) is 0.222. The number of rotatable bonds is 3. The lowest BCUT2D eigenvalue weighted by Crippen LogP contribution is -2.13. The number of azide groups is 1. The van der Waals surface area contributed by atoms with E-state index < -0.39 is 23.3 Å².